The minimum atomic E-state index is 0.0944. The van der Waals surface area contributed by atoms with Crippen molar-refractivity contribution in [3.8, 4) is 0 Å². The Bertz CT molecular complexity index is 515. The molecule has 0 aromatic heterocycles. The van der Waals surface area contributed by atoms with Crippen molar-refractivity contribution >= 4 is 11.6 Å². The summed E-state index contributed by atoms with van der Waals surface area (Å²) < 4.78 is 0. The predicted octanol–water partition coefficient (Wildman–Crippen LogP) is 1.93. The van der Waals surface area contributed by atoms with Crippen LogP contribution in [0.4, 0.5) is 5.69 Å². The van der Waals surface area contributed by atoms with Gasteiger partial charge in [-0.25, -0.2) is 0 Å². The summed E-state index contributed by atoms with van der Waals surface area (Å²) in [5.41, 5.74) is 3.37. The third-order valence-corrected chi connectivity index (χ3v) is 4.83. The van der Waals surface area contributed by atoms with Gasteiger partial charge < -0.3 is 10.6 Å². The fourth-order valence-electron chi connectivity index (χ4n) is 3.49. The number of hydrogen-bond donors (Lipinski definition) is 2. The average Bonchev–Trinajstić information content (AvgIpc) is 2.84. The smallest absolute Gasteiger partial charge is 0.238 e. The van der Waals surface area contributed by atoms with Gasteiger partial charge in [0, 0.05) is 24.8 Å². The van der Waals surface area contributed by atoms with E-state index in [1.54, 1.807) is 0 Å². The van der Waals surface area contributed by atoms with Crippen molar-refractivity contribution in [2.45, 2.75) is 32.7 Å². The van der Waals surface area contributed by atoms with Gasteiger partial charge in [0.25, 0.3) is 0 Å². The van der Waals surface area contributed by atoms with E-state index in [2.05, 4.69) is 35.4 Å². The second-order valence-electron chi connectivity index (χ2n) is 6.50. The van der Waals surface area contributed by atoms with Gasteiger partial charge in [-0.15, -0.1) is 0 Å². The molecule has 2 atom stereocenters. The molecule has 0 spiro atoms. The molecule has 0 unspecified atom stereocenters. The maximum absolute atomic E-state index is 12.2. The van der Waals surface area contributed by atoms with E-state index in [1.807, 2.05) is 12.1 Å². The molecule has 2 heterocycles. The molecule has 4 heteroatoms. The molecule has 0 aliphatic carbocycles. The number of benzene rings is 1. The molecule has 0 radical (unpaired) electrons. The second kappa shape index (κ2) is 6.16. The van der Waals surface area contributed by atoms with E-state index in [0.717, 1.165) is 31.2 Å². The van der Waals surface area contributed by atoms with E-state index in [9.17, 15) is 4.79 Å². The summed E-state index contributed by atoms with van der Waals surface area (Å²) in [6, 6.07) is 6.66. The Morgan fingerprint density at radius 3 is 2.95 bits per heavy atom. The molecule has 2 aliphatic rings. The maximum atomic E-state index is 12.2. The zero-order valence-electron chi connectivity index (χ0n) is 13.0. The number of likely N-dealkylation sites (tertiary alicyclic amines) is 1. The van der Waals surface area contributed by atoms with Crippen LogP contribution in [0, 0.1) is 19.8 Å². The summed E-state index contributed by atoms with van der Waals surface area (Å²) in [6.45, 7) is 7.84. The molecular weight excluding hydrogens is 262 g/mol. The normalized spacial score (nSPS) is 25.6. The van der Waals surface area contributed by atoms with Gasteiger partial charge in [-0.05, 0) is 62.4 Å². The fraction of sp³-hybridized carbons (Fsp3) is 0.588. The first-order valence-electron chi connectivity index (χ1n) is 7.94. The number of carbonyl (C=O) groups excluding carboxylic acids is 1. The first kappa shape index (κ1) is 14.5. The number of piperidine rings is 1. The molecule has 1 aromatic carbocycles. The standard InChI is InChI=1S/C17H25N3O/c1-12-5-6-15(8-13(12)2)19-17(21)11-20-9-14-4-3-7-18-16(14)10-20/h5-6,8,14,16,18H,3-4,7,9-11H2,1-2H3,(H,19,21)/t14-,16+/m0/s1. The SMILES string of the molecule is Cc1ccc(NC(=O)CN2C[C@@H]3CCCN[C@@H]3C2)cc1C. The zero-order valence-corrected chi connectivity index (χ0v) is 13.0. The molecule has 2 aliphatic heterocycles. The molecule has 0 bridgehead atoms. The summed E-state index contributed by atoms with van der Waals surface area (Å²) in [4.78, 5) is 14.5. The van der Waals surface area contributed by atoms with Crippen molar-refractivity contribution < 1.29 is 4.79 Å². The number of hydrogen-bond acceptors (Lipinski definition) is 3. The van der Waals surface area contributed by atoms with E-state index in [-0.39, 0.29) is 5.91 Å². The van der Waals surface area contributed by atoms with Crippen molar-refractivity contribution in [3.63, 3.8) is 0 Å². The summed E-state index contributed by atoms with van der Waals surface area (Å²) >= 11 is 0. The van der Waals surface area contributed by atoms with E-state index >= 15 is 0 Å². The highest BCUT2D eigenvalue weighted by Gasteiger charge is 2.34. The van der Waals surface area contributed by atoms with Gasteiger partial charge in [0.1, 0.15) is 0 Å². The highest BCUT2D eigenvalue weighted by atomic mass is 16.2. The third-order valence-electron chi connectivity index (χ3n) is 4.83. The molecule has 2 fully saturated rings. The van der Waals surface area contributed by atoms with Crippen LogP contribution in [0.3, 0.4) is 0 Å². The Balaban J connectivity index is 1.53. The quantitative estimate of drug-likeness (QED) is 0.893. The third kappa shape index (κ3) is 3.44. The van der Waals surface area contributed by atoms with Crippen LogP contribution in [0.2, 0.25) is 0 Å². The first-order valence-corrected chi connectivity index (χ1v) is 7.94. The summed E-state index contributed by atoms with van der Waals surface area (Å²) in [7, 11) is 0. The summed E-state index contributed by atoms with van der Waals surface area (Å²) in [5.74, 6) is 0.824. The van der Waals surface area contributed by atoms with Crippen LogP contribution >= 0.6 is 0 Å². The molecule has 1 aromatic rings. The van der Waals surface area contributed by atoms with Crippen LogP contribution in [0.15, 0.2) is 18.2 Å². The van der Waals surface area contributed by atoms with Crippen LogP contribution in [-0.2, 0) is 4.79 Å². The van der Waals surface area contributed by atoms with Gasteiger partial charge >= 0.3 is 0 Å². The van der Waals surface area contributed by atoms with Crippen LogP contribution in [0.5, 0.6) is 0 Å². The predicted molar refractivity (Wildman–Crippen MR) is 85.5 cm³/mol. The first-order chi connectivity index (χ1) is 10.1. The van der Waals surface area contributed by atoms with E-state index in [0.29, 0.717) is 12.6 Å². The van der Waals surface area contributed by atoms with Crippen molar-refractivity contribution in [1.29, 1.82) is 0 Å². The van der Waals surface area contributed by atoms with Gasteiger partial charge in [-0.1, -0.05) is 6.07 Å². The van der Waals surface area contributed by atoms with Crippen LogP contribution in [0.1, 0.15) is 24.0 Å². The lowest BCUT2D eigenvalue weighted by atomic mass is 9.94. The van der Waals surface area contributed by atoms with Crippen LogP contribution < -0.4 is 10.6 Å². The number of aryl methyl sites for hydroxylation is 2. The number of nitrogens with one attached hydrogen (secondary N) is 2. The Hall–Kier alpha value is -1.39. The Morgan fingerprint density at radius 1 is 1.33 bits per heavy atom. The zero-order chi connectivity index (χ0) is 14.8. The van der Waals surface area contributed by atoms with E-state index < -0.39 is 0 Å². The average molecular weight is 287 g/mol. The number of rotatable bonds is 3. The molecule has 114 valence electrons. The lowest BCUT2D eigenvalue weighted by Crippen LogP contribution is -2.41. The van der Waals surface area contributed by atoms with Crippen molar-refractivity contribution in [2.75, 3.05) is 31.5 Å². The van der Waals surface area contributed by atoms with Gasteiger partial charge in [0.15, 0.2) is 0 Å². The maximum Gasteiger partial charge on any atom is 0.238 e. The summed E-state index contributed by atoms with van der Waals surface area (Å²) in [6.07, 6.45) is 2.57. The van der Waals surface area contributed by atoms with Crippen molar-refractivity contribution in [1.82, 2.24) is 10.2 Å². The second-order valence-corrected chi connectivity index (χ2v) is 6.50. The largest absolute Gasteiger partial charge is 0.325 e. The highest BCUT2D eigenvalue weighted by Crippen LogP contribution is 2.24. The van der Waals surface area contributed by atoms with Gasteiger partial charge in [0.2, 0.25) is 5.91 Å². The minimum absolute atomic E-state index is 0.0944. The molecule has 0 saturated carbocycles. The topological polar surface area (TPSA) is 44.4 Å². The Labute approximate surface area is 126 Å². The number of nitrogens with zero attached hydrogens (tertiary/aromatic N) is 1. The Kier molecular flexibility index (Phi) is 4.27. The summed E-state index contributed by atoms with van der Waals surface area (Å²) in [5, 5.41) is 6.59. The lowest BCUT2D eigenvalue weighted by Gasteiger charge is -2.24. The van der Waals surface area contributed by atoms with Gasteiger partial charge in [-0.3, -0.25) is 9.69 Å². The molecule has 3 rings (SSSR count). The van der Waals surface area contributed by atoms with Gasteiger partial charge in [0.05, 0.1) is 6.54 Å². The molecular formula is C17H25N3O. The van der Waals surface area contributed by atoms with Crippen LogP contribution in [-0.4, -0.2) is 43.0 Å². The van der Waals surface area contributed by atoms with Crippen molar-refractivity contribution in [3.05, 3.63) is 29.3 Å². The number of fused-ring (bicyclic) bond motifs is 1. The number of amides is 1. The number of anilines is 1. The lowest BCUT2D eigenvalue weighted by molar-refractivity contribution is -0.117. The van der Waals surface area contributed by atoms with E-state index in [1.165, 1.54) is 24.0 Å². The van der Waals surface area contributed by atoms with Gasteiger partial charge in [-0.2, -0.15) is 0 Å². The highest BCUT2D eigenvalue weighted by molar-refractivity contribution is 5.92. The fourth-order valence-corrected chi connectivity index (χ4v) is 3.49. The Morgan fingerprint density at radius 2 is 2.19 bits per heavy atom. The molecule has 4 nitrogen and oxygen atoms in total. The molecule has 21 heavy (non-hydrogen) atoms. The molecule has 2 saturated heterocycles. The van der Waals surface area contributed by atoms with Crippen LogP contribution in [0.25, 0.3) is 0 Å². The molecule has 1 amide bonds. The van der Waals surface area contributed by atoms with E-state index in [4.69, 9.17) is 0 Å². The monoisotopic (exact) mass is 287 g/mol. The number of carbonyl (C=O) groups is 1. The molecule has 2 N–H and O–H groups in total. The minimum Gasteiger partial charge on any atom is -0.325 e. The van der Waals surface area contributed by atoms with Crippen molar-refractivity contribution in [2.24, 2.45) is 5.92 Å².